The molecule has 0 atom stereocenters. The zero-order valence-corrected chi connectivity index (χ0v) is 11.0. The molecule has 0 spiro atoms. The molecule has 1 aromatic rings. The number of hydrogen-bond donors (Lipinski definition) is 0. The van der Waals surface area contributed by atoms with Gasteiger partial charge in [0.1, 0.15) is 5.75 Å². The number of carbonyl (C=O) groups is 1. The molecule has 0 N–H and O–H groups in total. The molecule has 15 heavy (non-hydrogen) atoms. The number of hydrogen-bond acceptors (Lipinski definition) is 2. The van der Waals surface area contributed by atoms with Crippen molar-refractivity contribution in [3.8, 4) is 5.75 Å². The molecule has 1 amide bonds. The van der Waals surface area contributed by atoms with Crippen molar-refractivity contribution in [3.05, 3.63) is 27.8 Å². The highest BCUT2D eigenvalue weighted by Crippen LogP contribution is 2.19. The van der Waals surface area contributed by atoms with Crippen molar-refractivity contribution in [1.29, 1.82) is 0 Å². The lowest BCUT2D eigenvalue weighted by Gasteiger charge is -2.11. The first kappa shape index (κ1) is 12.3. The maximum atomic E-state index is 11.3. The van der Waals surface area contributed by atoms with Crippen molar-refractivity contribution in [1.82, 2.24) is 4.90 Å². The van der Waals surface area contributed by atoms with E-state index in [1.54, 1.807) is 19.0 Å². The van der Waals surface area contributed by atoms with E-state index in [1.807, 2.05) is 24.3 Å². The van der Waals surface area contributed by atoms with Crippen LogP contribution in [0.4, 0.5) is 0 Å². The van der Waals surface area contributed by atoms with Crippen LogP contribution in [0.2, 0.25) is 0 Å². The maximum Gasteiger partial charge on any atom is 0.225 e. The van der Waals surface area contributed by atoms with Crippen molar-refractivity contribution >= 4 is 28.5 Å². The monoisotopic (exact) mass is 319 g/mol. The smallest absolute Gasteiger partial charge is 0.225 e. The van der Waals surface area contributed by atoms with Gasteiger partial charge >= 0.3 is 0 Å². The van der Waals surface area contributed by atoms with E-state index in [0.717, 1.165) is 9.32 Å². The number of amides is 1. The number of nitrogens with zero attached hydrogens (tertiary/aromatic N) is 1. The minimum absolute atomic E-state index is 0.0842. The van der Waals surface area contributed by atoms with Crippen LogP contribution in [0.1, 0.15) is 6.42 Å². The highest BCUT2D eigenvalue weighted by Gasteiger charge is 2.04. The minimum atomic E-state index is 0.0842. The fourth-order valence-corrected chi connectivity index (χ4v) is 1.58. The Kier molecular flexibility index (Phi) is 4.87. The van der Waals surface area contributed by atoms with Gasteiger partial charge in [0.25, 0.3) is 0 Å². The zero-order valence-electron chi connectivity index (χ0n) is 8.87. The van der Waals surface area contributed by atoms with Crippen LogP contribution in [0.3, 0.4) is 0 Å². The molecule has 4 heteroatoms. The topological polar surface area (TPSA) is 29.5 Å². The molecule has 0 aliphatic heterocycles. The summed E-state index contributed by atoms with van der Waals surface area (Å²) in [5.74, 6) is 0.922. The molecule has 0 saturated heterocycles. The van der Waals surface area contributed by atoms with Gasteiger partial charge in [0.15, 0.2) is 0 Å². The Labute approximate surface area is 104 Å². The Balaban J connectivity index is 2.38. The fourth-order valence-electron chi connectivity index (χ4n) is 1.03. The van der Waals surface area contributed by atoms with E-state index in [9.17, 15) is 4.79 Å². The molecule has 1 aromatic carbocycles. The average molecular weight is 319 g/mol. The summed E-state index contributed by atoms with van der Waals surface area (Å²) in [6.07, 6.45) is 0.415. The van der Waals surface area contributed by atoms with Crippen LogP contribution < -0.4 is 4.74 Å². The number of rotatable bonds is 4. The van der Waals surface area contributed by atoms with Crippen LogP contribution in [-0.2, 0) is 4.79 Å². The van der Waals surface area contributed by atoms with Crippen LogP contribution >= 0.6 is 22.6 Å². The lowest BCUT2D eigenvalue weighted by molar-refractivity contribution is -0.129. The molecule has 0 bridgehead atoms. The van der Waals surface area contributed by atoms with Crippen molar-refractivity contribution in [2.24, 2.45) is 0 Å². The fraction of sp³-hybridized carbons (Fsp3) is 0.364. The number of halogens is 1. The third kappa shape index (κ3) is 4.07. The summed E-state index contributed by atoms with van der Waals surface area (Å²) >= 11 is 2.21. The SMILES string of the molecule is CN(C)C(=O)CCOc1ccccc1I. The lowest BCUT2D eigenvalue weighted by Crippen LogP contribution is -2.23. The third-order valence-electron chi connectivity index (χ3n) is 1.91. The van der Waals surface area contributed by atoms with E-state index in [0.29, 0.717) is 13.0 Å². The van der Waals surface area contributed by atoms with Gasteiger partial charge in [0.2, 0.25) is 5.91 Å². The van der Waals surface area contributed by atoms with Gasteiger partial charge in [-0.3, -0.25) is 4.79 Å². The van der Waals surface area contributed by atoms with Gasteiger partial charge in [-0.15, -0.1) is 0 Å². The maximum absolute atomic E-state index is 11.3. The van der Waals surface area contributed by atoms with Crippen molar-refractivity contribution in [3.63, 3.8) is 0 Å². The van der Waals surface area contributed by atoms with Crippen molar-refractivity contribution < 1.29 is 9.53 Å². The van der Waals surface area contributed by atoms with Crippen molar-refractivity contribution in [2.75, 3.05) is 20.7 Å². The van der Waals surface area contributed by atoms with E-state index in [4.69, 9.17) is 4.74 Å². The number of carbonyl (C=O) groups excluding carboxylic acids is 1. The average Bonchev–Trinajstić information content (AvgIpc) is 2.20. The molecule has 0 heterocycles. The summed E-state index contributed by atoms with van der Waals surface area (Å²) in [5, 5.41) is 0. The first-order valence-electron chi connectivity index (χ1n) is 4.68. The Morgan fingerprint density at radius 1 is 1.40 bits per heavy atom. The number of benzene rings is 1. The highest BCUT2D eigenvalue weighted by atomic mass is 127. The Bertz CT molecular complexity index is 339. The van der Waals surface area contributed by atoms with E-state index >= 15 is 0 Å². The Morgan fingerprint density at radius 3 is 2.67 bits per heavy atom. The van der Waals surface area contributed by atoms with Gasteiger partial charge in [-0.1, -0.05) is 12.1 Å². The molecular formula is C11H14INO2. The van der Waals surface area contributed by atoms with Crippen LogP contribution in [0.25, 0.3) is 0 Å². The molecule has 0 radical (unpaired) electrons. The molecule has 0 aliphatic carbocycles. The lowest BCUT2D eigenvalue weighted by atomic mass is 10.3. The molecular weight excluding hydrogens is 305 g/mol. The van der Waals surface area contributed by atoms with Gasteiger partial charge < -0.3 is 9.64 Å². The summed E-state index contributed by atoms with van der Waals surface area (Å²) in [5.41, 5.74) is 0. The summed E-state index contributed by atoms with van der Waals surface area (Å²) < 4.78 is 6.57. The van der Waals surface area contributed by atoms with Crippen LogP contribution in [0.5, 0.6) is 5.75 Å². The first-order valence-corrected chi connectivity index (χ1v) is 5.76. The van der Waals surface area contributed by atoms with Crippen LogP contribution in [0, 0.1) is 3.57 Å². The zero-order chi connectivity index (χ0) is 11.3. The van der Waals surface area contributed by atoms with Crippen LogP contribution in [0.15, 0.2) is 24.3 Å². The second-order valence-electron chi connectivity index (χ2n) is 3.32. The van der Waals surface area contributed by atoms with E-state index in [2.05, 4.69) is 22.6 Å². The molecule has 1 rings (SSSR count). The molecule has 0 unspecified atom stereocenters. The van der Waals surface area contributed by atoms with Crippen LogP contribution in [-0.4, -0.2) is 31.5 Å². The van der Waals surface area contributed by atoms with Gasteiger partial charge in [0.05, 0.1) is 16.6 Å². The van der Waals surface area contributed by atoms with Gasteiger partial charge in [-0.2, -0.15) is 0 Å². The predicted molar refractivity (Wildman–Crippen MR) is 68.0 cm³/mol. The van der Waals surface area contributed by atoms with Gasteiger partial charge in [-0.05, 0) is 34.7 Å². The van der Waals surface area contributed by atoms with Gasteiger partial charge in [0, 0.05) is 14.1 Å². The molecule has 0 fully saturated rings. The van der Waals surface area contributed by atoms with Gasteiger partial charge in [-0.25, -0.2) is 0 Å². The standard InChI is InChI=1S/C11H14INO2/c1-13(2)11(14)7-8-15-10-6-4-3-5-9(10)12/h3-6H,7-8H2,1-2H3. The van der Waals surface area contributed by atoms with Crippen molar-refractivity contribution in [2.45, 2.75) is 6.42 Å². The largest absolute Gasteiger partial charge is 0.492 e. The quantitative estimate of drug-likeness (QED) is 0.796. The molecule has 3 nitrogen and oxygen atoms in total. The normalized spacial score (nSPS) is 9.80. The summed E-state index contributed by atoms with van der Waals surface area (Å²) in [4.78, 5) is 12.8. The summed E-state index contributed by atoms with van der Waals surface area (Å²) in [7, 11) is 3.49. The molecule has 0 saturated carbocycles. The summed E-state index contributed by atoms with van der Waals surface area (Å²) in [6, 6.07) is 7.76. The molecule has 0 aromatic heterocycles. The second kappa shape index (κ2) is 5.95. The van der Waals surface area contributed by atoms with E-state index in [1.165, 1.54) is 0 Å². The van der Waals surface area contributed by atoms with E-state index in [-0.39, 0.29) is 5.91 Å². The number of para-hydroxylation sites is 1. The third-order valence-corrected chi connectivity index (χ3v) is 2.80. The predicted octanol–water partition coefficient (Wildman–Crippen LogP) is 2.15. The molecule has 82 valence electrons. The number of ether oxygens (including phenoxy) is 1. The Hall–Kier alpha value is -0.780. The highest BCUT2D eigenvalue weighted by molar-refractivity contribution is 14.1. The van der Waals surface area contributed by atoms with E-state index < -0.39 is 0 Å². The second-order valence-corrected chi connectivity index (χ2v) is 4.48. The minimum Gasteiger partial charge on any atom is -0.492 e. The Morgan fingerprint density at radius 2 is 2.07 bits per heavy atom. The first-order chi connectivity index (χ1) is 7.11. The summed E-state index contributed by atoms with van der Waals surface area (Å²) in [6.45, 7) is 0.428. The molecule has 0 aliphatic rings.